The average Bonchev–Trinajstić information content (AvgIpc) is 2.70. The van der Waals surface area contributed by atoms with Gasteiger partial charge in [-0.25, -0.2) is 0 Å². The monoisotopic (exact) mass is 368 g/mol. The molecule has 6 heteroatoms. The number of Topliss-reactive ketones (excluding diaryl/α,β-unsaturated/α-hetero) is 1. The van der Waals surface area contributed by atoms with Gasteiger partial charge in [-0.1, -0.05) is 43.3 Å². The van der Waals surface area contributed by atoms with Crippen LogP contribution >= 0.6 is 0 Å². The predicted octanol–water partition coefficient (Wildman–Crippen LogP) is 1.71. The predicted molar refractivity (Wildman–Crippen MR) is 103 cm³/mol. The number of aliphatic hydroxyl groups is 1. The van der Waals surface area contributed by atoms with Gasteiger partial charge in [0, 0.05) is 19.0 Å². The second-order valence-electron chi connectivity index (χ2n) is 6.22. The summed E-state index contributed by atoms with van der Waals surface area (Å²) in [6.07, 6.45) is 0.978. The Labute approximate surface area is 158 Å². The first-order valence-electron chi connectivity index (χ1n) is 8.82. The van der Waals surface area contributed by atoms with Gasteiger partial charge in [-0.3, -0.25) is 14.4 Å². The van der Waals surface area contributed by atoms with Crippen molar-refractivity contribution in [2.75, 3.05) is 13.2 Å². The second-order valence-corrected chi connectivity index (χ2v) is 6.22. The molecule has 0 aromatic heterocycles. The maximum Gasteiger partial charge on any atom is 0.251 e. The van der Waals surface area contributed by atoms with Crippen LogP contribution in [0.2, 0.25) is 0 Å². The van der Waals surface area contributed by atoms with Gasteiger partial charge in [0.05, 0.1) is 0 Å². The summed E-state index contributed by atoms with van der Waals surface area (Å²) in [4.78, 5) is 35.2. The lowest BCUT2D eigenvalue weighted by molar-refractivity contribution is -0.124. The van der Waals surface area contributed by atoms with Crippen LogP contribution in [0.3, 0.4) is 0 Å². The van der Waals surface area contributed by atoms with E-state index >= 15 is 0 Å². The van der Waals surface area contributed by atoms with Crippen LogP contribution in [0.25, 0.3) is 11.1 Å². The van der Waals surface area contributed by atoms with Gasteiger partial charge in [-0.05, 0) is 35.2 Å². The van der Waals surface area contributed by atoms with E-state index < -0.39 is 24.3 Å². The van der Waals surface area contributed by atoms with Gasteiger partial charge in [0.1, 0.15) is 12.6 Å². The van der Waals surface area contributed by atoms with Gasteiger partial charge in [-0.15, -0.1) is 0 Å². The third-order valence-electron chi connectivity index (χ3n) is 4.25. The molecule has 2 aromatic carbocycles. The Kier molecular flexibility index (Phi) is 7.25. The molecule has 0 radical (unpaired) electrons. The smallest absolute Gasteiger partial charge is 0.251 e. The topological polar surface area (TPSA) is 95.5 Å². The minimum Gasteiger partial charge on any atom is -0.388 e. The Bertz CT molecular complexity index is 798. The first kappa shape index (κ1) is 20.3. The molecule has 0 saturated carbocycles. The summed E-state index contributed by atoms with van der Waals surface area (Å²) < 4.78 is 0. The Morgan fingerprint density at radius 2 is 1.52 bits per heavy atom. The Morgan fingerprint density at radius 1 is 0.963 bits per heavy atom. The number of hydrogen-bond acceptors (Lipinski definition) is 4. The van der Waals surface area contributed by atoms with E-state index in [2.05, 4.69) is 29.7 Å². The van der Waals surface area contributed by atoms with Crippen LogP contribution in [0.1, 0.15) is 29.8 Å². The molecule has 0 aliphatic carbocycles. The number of amides is 2. The quantitative estimate of drug-likeness (QED) is 0.661. The zero-order valence-electron chi connectivity index (χ0n) is 15.5. The van der Waals surface area contributed by atoms with E-state index in [1.54, 1.807) is 12.1 Å². The van der Waals surface area contributed by atoms with E-state index in [-0.39, 0.29) is 12.5 Å². The fourth-order valence-electron chi connectivity index (χ4n) is 2.59. The number of carbonyl (C=O) groups excluding carboxylic acids is 3. The summed E-state index contributed by atoms with van der Waals surface area (Å²) in [6, 6.07) is 14.3. The van der Waals surface area contributed by atoms with Crippen molar-refractivity contribution in [1.29, 1.82) is 0 Å². The van der Waals surface area contributed by atoms with Gasteiger partial charge in [0.2, 0.25) is 5.91 Å². The van der Waals surface area contributed by atoms with Crippen LogP contribution in [0.4, 0.5) is 0 Å². The summed E-state index contributed by atoms with van der Waals surface area (Å²) in [5.74, 6) is -1.33. The Hall–Kier alpha value is -2.99. The second kappa shape index (κ2) is 9.64. The number of hydrogen-bond donors (Lipinski definition) is 3. The summed E-state index contributed by atoms with van der Waals surface area (Å²) in [5, 5.41) is 14.1. The minimum atomic E-state index is -0.979. The Balaban J connectivity index is 2.08. The first-order chi connectivity index (χ1) is 12.9. The first-order valence-corrected chi connectivity index (χ1v) is 8.82. The highest BCUT2D eigenvalue weighted by atomic mass is 16.3. The van der Waals surface area contributed by atoms with Crippen molar-refractivity contribution in [3.8, 4) is 11.1 Å². The average molecular weight is 368 g/mol. The number of nitrogens with one attached hydrogen (secondary N) is 2. The Morgan fingerprint density at radius 3 is 2.00 bits per heavy atom. The summed E-state index contributed by atoms with van der Waals surface area (Å²) in [6.45, 7) is 2.64. The third kappa shape index (κ3) is 5.76. The van der Waals surface area contributed by atoms with E-state index in [1.165, 1.54) is 12.5 Å². The lowest BCUT2D eigenvalue weighted by Gasteiger charge is -2.17. The molecule has 0 heterocycles. The molecule has 0 aliphatic rings. The van der Waals surface area contributed by atoms with Crippen LogP contribution in [0.15, 0.2) is 48.5 Å². The zero-order valence-corrected chi connectivity index (χ0v) is 15.5. The van der Waals surface area contributed by atoms with Crippen LogP contribution in [-0.4, -0.2) is 41.9 Å². The standard InChI is InChI=1S/C21H24N2O4/c1-3-15-4-6-16(7-5-15)17-8-10-18(11-9-17)21(27)23-19(20(26)13-24)12-22-14(2)25/h4-11,19,24H,3,12-13H2,1-2H3,(H,22,25)(H,23,27). The van der Waals surface area contributed by atoms with E-state index in [4.69, 9.17) is 5.11 Å². The molecule has 142 valence electrons. The maximum absolute atomic E-state index is 12.4. The van der Waals surface area contributed by atoms with Crippen molar-refractivity contribution in [2.24, 2.45) is 0 Å². The summed E-state index contributed by atoms with van der Waals surface area (Å²) in [5.41, 5.74) is 3.68. The highest BCUT2D eigenvalue weighted by molar-refractivity contribution is 5.98. The van der Waals surface area contributed by atoms with Crippen molar-refractivity contribution in [3.63, 3.8) is 0 Å². The number of aliphatic hydroxyl groups excluding tert-OH is 1. The van der Waals surface area contributed by atoms with E-state index in [0.717, 1.165) is 17.5 Å². The van der Waals surface area contributed by atoms with Gasteiger partial charge in [0.25, 0.3) is 5.91 Å². The summed E-state index contributed by atoms with van der Waals surface area (Å²) in [7, 11) is 0. The number of carbonyl (C=O) groups is 3. The van der Waals surface area contributed by atoms with Crippen molar-refractivity contribution >= 4 is 17.6 Å². The molecular formula is C21H24N2O4. The SMILES string of the molecule is CCc1ccc(-c2ccc(C(=O)NC(CNC(C)=O)C(=O)CO)cc2)cc1. The largest absolute Gasteiger partial charge is 0.388 e. The van der Waals surface area contributed by atoms with Crippen molar-refractivity contribution < 1.29 is 19.5 Å². The third-order valence-corrected chi connectivity index (χ3v) is 4.25. The van der Waals surface area contributed by atoms with Gasteiger partial charge in [-0.2, -0.15) is 0 Å². The number of aryl methyl sites for hydroxylation is 1. The fraction of sp³-hybridized carbons (Fsp3) is 0.286. The van der Waals surface area contributed by atoms with Crippen LogP contribution in [-0.2, 0) is 16.0 Å². The lowest BCUT2D eigenvalue weighted by Crippen LogP contribution is -2.49. The van der Waals surface area contributed by atoms with Gasteiger partial charge < -0.3 is 15.7 Å². The maximum atomic E-state index is 12.4. The van der Waals surface area contributed by atoms with E-state index in [1.807, 2.05) is 24.3 Å². The van der Waals surface area contributed by atoms with Crippen molar-refractivity contribution in [1.82, 2.24) is 10.6 Å². The number of benzene rings is 2. The molecule has 0 fully saturated rings. The molecule has 1 atom stereocenters. The van der Waals surface area contributed by atoms with Gasteiger partial charge in [0.15, 0.2) is 5.78 Å². The molecule has 0 aliphatic heterocycles. The molecule has 6 nitrogen and oxygen atoms in total. The highest BCUT2D eigenvalue weighted by Gasteiger charge is 2.21. The van der Waals surface area contributed by atoms with Gasteiger partial charge >= 0.3 is 0 Å². The molecule has 0 saturated heterocycles. The van der Waals surface area contributed by atoms with Crippen LogP contribution in [0, 0.1) is 0 Å². The molecular weight excluding hydrogens is 344 g/mol. The molecule has 2 aromatic rings. The molecule has 2 rings (SSSR count). The number of rotatable bonds is 8. The van der Waals surface area contributed by atoms with Crippen molar-refractivity contribution in [3.05, 3.63) is 59.7 Å². The van der Waals surface area contributed by atoms with E-state index in [0.29, 0.717) is 5.56 Å². The summed E-state index contributed by atoms with van der Waals surface area (Å²) >= 11 is 0. The van der Waals surface area contributed by atoms with E-state index in [9.17, 15) is 14.4 Å². The normalized spacial score (nSPS) is 11.5. The highest BCUT2D eigenvalue weighted by Crippen LogP contribution is 2.20. The molecule has 0 spiro atoms. The number of ketones is 1. The fourth-order valence-corrected chi connectivity index (χ4v) is 2.59. The van der Waals surface area contributed by atoms with Crippen LogP contribution < -0.4 is 10.6 Å². The minimum absolute atomic E-state index is 0.0671. The molecule has 1 unspecified atom stereocenters. The molecule has 3 N–H and O–H groups in total. The van der Waals surface area contributed by atoms with Crippen molar-refractivity contribution in [2.45, 2.75) is 26.3 Å². The zero-order chi connectivity index (χ0) is 19.8. The molecule has 2 amide bonds. The lowest BCUT2D eigenvalue weighted by atomic mass is 10.0. The molecule has 27 heavy (non-hydrogen) atoms. The van der Waals surface area contributed by atoms with Crippen LogP contribution in [0.5, 0.6) is 0 Å². The molecule has 0 bridgehead atoms.